The number of furan rings is 1. The van der Waals surface area contributed by atoms with Crippen LogP contribution in [0.3, 0.4) is 0 Å². The van der Waals surface area contributed by atoms with E-state index in [2.05, 4.69) is 11.4 Å². The van der Waals surface area contributed by atoms with Crippen molar-refractivity contribution in [2.45, 2.75) is 25.4 Å². The summed E-state index contributed by atoms with van der Waals surface area (Å²) in [5.41, 5.74) is 3.85. The second-order valence-corrected chi connectivity index (χ2v) is 6.24. The molecular formula is C20H19NO4. The van der Waals surface area contributed by atoms with E-state index in [1.165, 1.54) is 5.56 Å². The van der Waals surface area contributed by atoms with Gasteiger partial charge in [-0.1, -0.05) is 36.4 Å². The van der Waals surface area contributed by atoms with Crippen LogP contribution in [0.15, 0.2) is 53.1 Å². The predicted octanol–water partition coefficient (Wildman–Crippen LogP) is 3.15. The van der Waals surface area contributed by atoms with Crippen molar-refractivity contribution >= 4 is 16.9 Å². The van der Waals surface area contributed by atoms with Crippen LogP contribution in [0.4, 0.5) is 0 Å². The van der Waals surface area contributed by atoms with Crippen LogP contribution in [-0.4, -0.2) is 23.7 Å². The van der Waals surface area contributed by atoms with Crippen LogP contribution in [0.25, 0.3) is 11.0 Å². The van der Waals surface area contributed by atoms with Crippen molar-refractivity contribution in [1.82, 2.24) is 5.32 Å². The van der Waals surface area contributed by atoms with Crippen molar-refractivity contribution < 1.29 is 19.1 Å². The van der Waals surface area contributed by atoms with E-state index in [1.54, 1.807) is 6.26 Å². The SMILES string of the molecule is O=C(O)C(Cc1coc2ccccc12)NCc1cccc2c1OCC2. The maximum Gasteiger partial charge on any atom is 0.321 e. The standard InChI is InChI=1S/C20H19NO4/c22-20(23)17(10-15-12-25-18-7-2-1-6-16(15)18)21-11-14-5-3-4-13-8-9-24-19(13)14/h1-7,12,17,21H,8-11H2,(H,22,23). The van der Waals surface area contributed by atoms with Gasteiger partial charge in [0.25, 0.3) is 0 Å². The molecule has 0 aliphatic carbocycles. The number of carboxylic acids is 1. The summed E-state index contributed by atoms with van der Waals surface area (Å²) >= 11 is 0. The van der Waals surface area contributed by atoms with Crippen LogP contribution in [0.5, 0.6) is 5.75 Å². The minimum Gasteiger partial charge on any atom is -0.493 e. The highest BCUT2D eigenvalue weighted by Gasteiger charge is 2.22. The van der Waals surface area contributed by atoms with Crippen LogP contribution >= 0.6 is 0 Å². The molecule has 0 bridgehead atoms. The molecule has 1 aromatic heterocycles. The van der Waals surface area contributed by atoms with Gasteiger partial charge in [0.2, 0.25) is 0 Å². The Morgan fingerprint density at radius 2 is 2.04 bits per heavy atom. The van der Waals surface area contributed by atoms with Crippen LogP contribution in [-0.2, 0) is 24.2 Å². The van der Waals surface area contributed by atoms with E-state index in [9.17, 15) is 9.90 Å². The molecule has 1 aliphatic rings. The zero-order valence-corrected chi connectivity index (χ0v) is 13.7. The fourth-order valence-electron chi connectivity index (χ4n) is 3.31. The van der Waals surface area contributed by atoms with Gasteiger partial charge in [-0.2, -0.15) is 0 Å². The van der Waals surface area contributed by atoms with Gasteiger partial charge in [-0.3, -0.25) is 10.1 Å². The fourth-order valence-corrected chi connectivity index (χ4v) is 3.31. The van der Waals surface area contributed by atoms with Crippen LogP contribution in [0.2, 0.25) is 0 Å². The number of aliphatic carboxylic acids is 1. The molecule has 0 amide bonds. The number of nitrogens with one attached hydrogen (secondary N) is 1. The highest BCUT2D eigenvalue weighted by Crippen LogP contribution is 2.29. The predicted molar refractivity (Wildman–Crippen MR) is 93.8 cm³/mol. The molecule has 2 N–H and O–H groups in total. The molecule has 1 aliphatic heterocycles. The smallest absolute Gasteiger partial charge is 0.321 e. The Bertz CT molecular complexity index is 915. The van der Waals surface area contributed by atoms with Gasteiger partial charge >= 0.3 is 5.97 Å². The highest BCUT2D eigenvalue weighted by atomic mass is 16.5. The first-order valence-electron chi connectivity index (χ1n) is 8.37. The summed E-state index contributed by atoms with van der Waals surface area (Å²) in [6.07, 6.45) is 2.92. The molecule has 0 spiro atoms. The lowest BCUT2D eigenvalue weighted by Gasteiger charge is -2.15. The third-order valence-electron chi connectivity index (χ3n) is 4.62. The Morgan fingerprint density at radius 1 is 1.16 bits per heavy atom. The molecule has 3 aromatic rings. The summed E-state index contributed by atoms with van der Waals surface area (Å²) in [7, 11) is 0. The summed E-state index contributed by atoms with van der Waals surface area (Å²) in [6, 6.07) is 13.0. The molecular weight excluding hydrogens is 318 g/mol. The second kappa shape index (κ2) is 6.61. The van der Waals surface area contributed by atoms with E-state index in [1.807, 2.05) is 36.4 Å². The minimum absolute atomic E-state index is 0.363. The number of benzene rings is 2. The van der Waals surface area contributed by atoms with E-state index >= 15 is 0 Å². The molecule has 25 heavy (non-hydrogen) atoms. The normalized spacial score (nSPS) is 14.2. The Labute approximate surface area is 145 Å². The van der Waals surface area contributed by atoms with Crippen molar-refractivity contribution in [3.63, 3.8) is 0 Å². The first kappa shape index (κ1) is 15.7. The third-order valence-corrected chi connectivity index (χ3v) is 4.62. The highest BCUT2D eigenvalue weighted by molar-refractivity contribution is 5.82. The molecule has 0 fully saturated rings. The largest absolute Gasteiger partial charge is 0.493 e. The van der Waals surface area contributed by atoms with Gasteiger partial charge in [-0.15, -0.1) is 0 Å². The van der Waals surface area contributed by atoms with Crippen molar-refractivity contribution in [3.8, 4) is 5.75 Å². The maximum atomic E-state index is 11.7. The molecule has 5 nitrogen and oxygen atoms in total. The number of para-hydroxylation sites is 2. The summed E-state index contributed by atoms with van der Waals surface area (Å²) < 4.78 is 11.2. The van der Waals surface area contributed by atoms with Gasteiger partial charge in [0.1, 0.15) is 17.4 Å². The van der Waals surface area contributed by atoms with Crippen molar-refractivity contribution in [2.75, 3.05) is 6.61 Å². The Hall–Kier alpha value is -2.79. The fraction of sp³-hybridized carbons (Fsp3) is 0.250. The molecule has 128 valence electrons. The first-order valence-corrected chi connectivity index (χ1v) is 8.37. The Kier molecular flexibility index (Phi) is 4.15. The number of ether oxygens (including phenoxy) is 1. The molecule has 4 rings (SSSR count). The number of hydrogen-bond acceptors (Lipinski definition) is 4. The topological polar surface area (TPSA) is 71.7 Å². The number of rotatable bonds is 6. The van der Waals surface area contributed by atoms with Gasteiger partial charge in [0.05, 0.1) is 12.9 Å². The quantitative estimate of drug-likeness (QED) is 0.723. The summed E-state index contributed by atoms with van der Waals surface area (Å²) in [4.78, 5) is 11.7. The molecule has 1 atom stereocenters. The summed E-state index contributed by atoms with van der Waals surface area (Å²) in [5, 5.41) is 13.7. The van der Waals surface area contributed by atoms with E-state index in [-0.39, 0.29) is 0 Å². The van der Waals surface area contributed by atoms with E-state index in [4.69, 9.17) is 9.15 Å². The van der Waals surface area contributed by atoms with Gasteiger partial charge in [0.15, 0.2) is 0 Å². The first-order chi connectivity index (χ1) is 12.2. The average Bonchev–Trinajstić information content (AvgIpc) is 3.25. The van der Waals surface area contributed by atoms with E-state index in [0.29, 0.717) is 19.6 Å². The molecule has 0 saturated carbocycles. The second-order valence-electron chi connectivity index (χ2n) is 6.24. The van der Waals surface area contributed by atoms with Gasteiger partial charge in [-0.05, 0) is 11.6 Å². The lowest BCUT2D eigenvalue weighted by molar-refractivity contribution is -0.139. The Balaban J connectivity index is 1.51. The van der Waals surface area contributed by atoms with Crippen LogP contribution in [0, 0.1) is 0 Å². The minimum atomic E-state index is -0.876. The maximum absolute atomic E-state index is 11.7. The monoisotopic (exact) mass is 337 g/mol. The zero-order valence-electron chi connectivity index (χ0n) is 13.7. The molecule has 0 saturated heterocycles. The van der Waals surface area contributed by atoms with Gasteiger partial charge in [-0.25, -0.2) is 0 Å². The molecule has 2 aromatic carbocycles. The Morgan fingerprint density at radius 3 is 2.92 bits per heavy atom. The van der Waals surface area contributed by atoms with Crippen molar-refractivity contribution in [2.24, 2.45) is 0 Å². The molecule has 1 unspecified atom stereocenters. The summed E-state index contributed by atoms with van der Waals surface area (Å²) in [5.74, 6) is 0.0201. The number of fused-ring (bicyclic) bond motifs is 2. The molecule has 2 heterocycles. The molecule has 5 heteroatoms. The number of carbonyl (C=O) groups is 1. The third kappa shape index (κ3) is 3.10. The molecule has 0 radical (unpaired) electrons. The van der Waals surface area contributed by atoms with Crippen LogP contribution in [0.1, 0.15) is 16.7 Å². The van der Waals surface area contributed by atoms with Gasteiger partial charge < -0.3 is 14.3 Å². The van der Waals surface area contributed by atoms with E-state index in [0.717, 1.165) is 34.3 Å². The van der Waals surface area contributed by atoms with Gasteiger partial charge in [0, 0.05) is 35.9 Å². The van der Waals surface area contributed by atoms with Crippen molar-refractivity contribution in [3.05, 3.63) is 65.4 Å². The number of hydrogen-bond donors (Lipinski definition) is 2. The lowest BCUT2D eigenvalue weighted by Crippen LogP contribution is -2.38. The lowest BCUT2D eigenvalue weighted by atomic mass is 10.0. The van der Waals surface area contributed by atoms with Crippen LogP contribution < -0.4 is 10.1 Å². The average molecular weight is 337 g/mol. The summed E-state index contributed by atoms with van der Waals surface area (Å²) in [6.45, 7) is 1.14. The number of carboxylic acid groups (broad SMARTS) is 1. The zero-order chi connectivity index (χ0) is 17.2. The van der Waals surface area contributed by atoms with E-state index < -0.39 is 12.0 Å². The van der Waals surface area contributed by atoms with Crippen molar-refractivity contribution in [1.29, 1.82) is 0 Å².